The van der Waals surface area contributed by atoms with Gasteiger partial charge < -0.3 is 15.8 Å². The molecule has 0 fully saturated rings. The van der Waals surface area contributed by atoms with Crippen LogP contribution in [0.5, 0.6) is 0 Å². The zero-order valence-electron chi connectivity index (χ0n) is 9.86. The SMILES string of the molecule is Cc1nn(C)cc1C(C)NCCOC(N)=O. The summed E-state index contributed by atoms with van der Waals surface area (Å²) >= 11 is 0. The number of primary amides is 1. The van der Waals surface area contributed by atoms with E-state index in [1.54, 1.807) is 4.68 Å². The molecule has 1 atom stereocenters. The molecule has 6 nitrogen and oxygen atoms in total. The van der Waals surface area contributed by atoms with Crippen molar-refractivity contribution in [3.8, 4) is 0 Å². The van der Waals surface area contributed by atoms with E-state index in [4.69, 9.17) is 5.73 Å². The maximum Gasteiger partial charge on any atom is 0.404 e. The highest BCUT2D eigenvalue weighted by atomic mass is 16.5. The minimum atomic E-state index is -0.744. The standard InChI is InChI=1S/C10H18N4O2/c1-7(12-4-5-16-10(11)15)9-6-14(3)13-8(9)2/h6-7,12H,4-5H2,1-3H3,(H2,11,15). The summed E-state index contributed by atoms with van der Waals surface area (Å²) in [5.41, 5.74) is 6.98. The van der Waals surface area contributed by atoms with E-state index >= 15 is 0 Å². The van der Waals surface area contributed by atoms with Crippen molar-refractivity contribution in [1.29, 1.82) is 0 Å². The van der Waals surface area contributed by atoms with Crippen molar-refractivity contribution < 1.29 is 9.53 Å². The van der Waals surface area contributed by atoms with Crippen LogP contribution in [-0.4, -0.2) is 29.0 Å². The highest BCUT2D eigenvalue weighted by molar-refractivity contribution is 5.64. The summed E-state index contributed by atoms with van der Waals surface area (Å²) in [6.45, 7) is 4.85. The number of nitrogens with one attached hydrogen (secondary N) is 1. The van der Waals surface area contributed by atoms with Crippen molar-refractivity contribution in [2.24, 2.45) is 12.8 Å². The van der Waals surface area contributed by atoms with Gasteiger partial charge >= 0.3 is 6.09 Å². The molecular weight excluding hydrogens is 208 g/mol. The molecule has 1 heterocycles. The van der Waals surface area contributed by atoms with Crippen molar-refractivity contribution in [2.75, 3.05) is 13.2 Å². The molecule has 0 bridgehead atoms. The number of nitrogens with two attached hydrogens (primary N) is 1. The molecule has 6 heteroatoms. The molecule has 0 saturated heterocycles. The topological polar surface area (TPSA) is 82.2 Å². The lowest BCUT2D eigenvalue weighted by Crippen LogP contribution is -2.26. The predicted octanol–water partition coefficient (Wildman–Crippen LogP) is 0.474. The molecule has 0 aromatic carbocycles. The van der Waals surface area contributed by atoms with Crippen LogP contribution in [0.15, 0.2) is 6.20 Å². The summed E-state index contributed by atoms with van der Waals surface area (Å²) in [5.74, 6) is 0. The maximum absolute atomic E-state index is 10.3. The highest BCUT2D eigenvalue weighted by Gasteiger charge is 2.10. The Kier molecular flexibility index (Phi) is 4.30. The van der Waals surface area contributed by atoms with Crippen LogP contribution in [0.1, 0.15) is 24.2 Å². The van der Waals surface area contributed by atoms with Gasteiger partial charge in [0.2, 0.25) is 0 Å². The Balaban J connectivity index is 2.38. The van der Waals surface area contributed by atoms with Crippen LogP contribution in [0.4, 0.5) is 4.79 Å². The molecule has 1 rings (SSSR count). The fourth-order valence-corrected chi connectivity index (χ4v) is 1.58. The Morgan fingerprint density at radius 1 is 1.75 bits per heavy atom. The third kappa shape index (κ3) is 3.54. The Bertz CT molecular complexity index is 362. The van der Waals surface area contributed by atoms with Crippen molar-refractivity contribution in [3.63, 3.8) is 0 Å². The number of ether oxygens (including phenoxy) is 1. The first-order valence-corrected chi connectivity index (χ1v) is 5.16. The normalized spacial score (nSPS) is 12.4. The summed E-state index contributed by atoms with van der Waals surface area (Å²) in [4.78, 5) is 10.3. The van der Waals surface area contributed by atoms with Crippen LogP contribution in [0.2, 0.25) is 0 Å². The van der Waals surface area contributed by atoms with Crippen LogP contribution in [-0.2, 0) is 11.8 Å². The van der Waals surface area contributed by atoms with Crippen molar-refractivity contribution in [2.45, 2.75) is 19.9 Å². The number of carbonyl (C=O) groups is 1. The molecule has 0 saturated carbocycles. The third-order valence-corrected chi connectivity index (χ3v) is 2.31. The van der Waals surface area contributed by atoms with Crippen LogP contribution in [0.25, 0.3) is 0 Å². The zero-order valence-corrected chi connectivity index (χ0v) is 9.86. The van der Waals surface area contributed by atoms with Gasteiger partial charge in [-0.15, -0.1) is 0 Å². The van der Waals surface area contributed by atoms with Crippen LogP contribution in [0.3, 0.4) is 0 Å². The smallest absolute Gasteiger partial charge is 0.404 e. The van der Waals surface area contributed by atoms with E-state index in [-0.39, 0.29) is 12.6 Å². The molecule has 0 aliphatic heterocycles. The van der Waals surface area contributed by atoms with Crippen molar-refractivity contribution >= 4 is 6.09 Å². The van der Waals surface area contributed by atoms with Gasteiger partial charge in [-0.2, -0.15) is 5.10 Å². The molecule has 1 aromatic heterocycles. The van der Waals surface area contributed by atoms with E-state index in [1.165, 1.54) is 0 Å². The van der Waals surface area contributed by atoms with Crippen LogP contribution >= 0.6 is 0 Å². The Hall–Kier alpha value is -1.56. The quantitative estimate of drug-likeness (QED) is 0.715. The number of aromatic nitrogens is 2. The monoisotopic (exact) mass is 226 g/mol. The van der Waals surface area contributed by atoms with E-state index < -0.39 is 6.09 Å². The molecule has 16 heavy (non-hydrogen) atoms. The van der Waals surface area contributed by atoms with Crippen LogP contribution in [0, 0.1) is 6.92 Å². The summed E-state index contributed by atoms with van der Waals surface area (Å²) in [5, 5.41) is 7.48. The van der Waals surface area contributed by atoms with Crippen LogP contribution < -0.4 is 11.1 Å². The molecule has 0 spiro atoms. The molecule has 1 amide bonds. The average molecular weight is 226 g/mol. The van der Waals surface area contributed by atoms with Gasteiger partial charge in [-0.05, 0) is 13.8 Å². The zero-order chi connectivity index (χ0) is 12.1. The van der Waals surface area contributed by atoms with Gasteiger partial charge in [-0.25, -0.2) is 4.79 Å². The third-order valence-electron chi connectivity index (χ3n) is 2.31. The van der Waals surface area contributed by atoms with E-state index in [2.05, 4.69) is 15.2 Å². The van der Waals surface area contributed by atoms with Gasteiger partial charge in [0.1, 0.15) is 6.61 Å². The Morgan fingerprint density at radius 2 is 2.44 bits per heavy atom. The lowest BCUT2D eigenvalue weighted by Gasteiger charge is -2.12. The Labute approximate surface area is 94.8 Å². The van der Waals surface area contributed by atoms with Gasteiger partial charge in [0.15, 0.2) is 0 Å². The maximum atomic E-state index is 10.3. The minimum absolute atomic E-state index is 0.171. The first-order valence-electron chi connectivity index (χ1n) is 5.16. The second-order valence-corrected chi connectivity index (χ2v) is 3.69. The molecule has 0 aliphatic carbocycles. The lowest BCUT2D eigenvalue weighted by atomic mass is 10.1. The first kappa shape index (κ1) is 12.5. The molecule has 1 aromatic rings. The average Bonchev–Trinajstić information content (AvgIpc) is 2.52. The first-order chi connectivity index (χ1) is 7.50. The number of hydrogen-bond acceptors (Lipinski definition) is 4. The van der Waals surface area contributed by atoms with Gasteiger partial charge in [-0.1, -0.05) is 0 Å². The number of rotatable bonds is 5. The van der Waals surface area contributed by atoms with E-state index in [0.717, 1.165) is 11.3 Å². The molecule has 1 unspecified atom stereocenters. The lowest BCUT2D eigenvalue weighted by molar-refractivity contribution is 0.156. The van der Waals surface area contributed by atoms with Crippen molar-refractivity contribution in [3.05, 3.63) is 17.5 Å². The largest absolute Gasteiger partial charge is 0.448 e. The second kappa shape index (κ2) is 5.50. The number of amides is 1. The summed E-state index contributed by atoms with van der Waals surface area (Å²) in [7, 11) is 1.89. The Morgan fingerprint density at radius 3 is 2.94 bits per heavy atom. The number of hydrogen-bond donors (Lipinski definition) is 2. The highest BCUT2D eigenvalue weighted by Crippen LogP contribution is 2.14. The number of nitrogens with zero attached hydrogens (tertiary/aromatic N) is 2. The molecule has 3 N–H and O–H groups in total. The summed E-state index contributed by atoms with van der Waals surface area (Å²) in [6, 6.07) is 0.171. The molecule has 90 valence electrons. The van der Waals surface area contributed by atoms with Gasteiger partial charge in [0.25, 0.3) is 0 Å². The van der Waals surface area contributed by atoms with Crippen molar-refractivity contribution in [1.82, 2.24) is 15.1 Å². The molecule has 0 radical (unpaired) electrons. The number of aryl methyl sites for hydroxylation is 2. The fraction of sp³-hybridized carbons (Fsp3) is 0.600. The summed E-state index contributed by atoms with van der Waals surface area (Å²) < 4.78 is 6.40. The fourth-order valence-electron chi connectivity index (χ4n) is 1.58. The van der Waals surface area contributed by atoms with E-state index in [0.29, 0.717) is 6.54 Å². The predicted molar refractivity (Wildman–Crippen MR) is 59.9 cm³/mol. The van der Waals surface area contributed by atoms with E-state index in [1.807, 2.05) is 27.1 Å². The second-order valence-electron chi connectivity index (χ2n) is 3.69. The van der Waals surface area contributed by atoms with Gasteiger partial charge in [0, 0.05) is 31.4 Å². The molecular formula is C10H18N4O2. The van der Waals surface area contributed by atoms with Gasteiger partial charge in [0.05, 0.1) is 5.69 Å². The minimum Gasteiger partial charge on any atom is -0.448 e. The summed E-state index contributed by atoms with van der Waals surface area (Å²) in [6.07, 6.45) is 1.23. The molecule has 0 aliphatic rings. The number of carbonyl (C=O) groups excluding carboxylic acids is 1. The van der Waals surface area contributed by atoms with E-state index in [9.17, 15) is 4.79 Å². The van der Waals surface area contributed by atoms with Gasteiger partial charge in [-0.3, -0.25) is 4.68 Å².